The van der Waals surface area contributed by atoms with Crippen LogP contribution in [0.4, 0.5) is 0 Å². The lowest BCUT2D eigenvalue weighted by Crippen LogP contribution is -2.44. The zero-order chi connectivity index (χ0) is 9.64. The molecule has 4 nitrogen and oxygen atoms in total. The third kappa shape index (κ3) is 1.14. The maximum atomic E-state index is 10.3. The summed E-state index contributed by atoms with van der Waals surface area (Å²) in [7, 11) is 1.80. The van der Waals surface area contributed by atoms with E-state index in [1.54, 1.807) is 11.7 Å². The minimum atomic E-state index is -0.725. The van der Waals surface area contributed by atoms with Crippen molar-refractivity contribution in [1.82, 2.24) is 15.0 Å². The Hall–Kier alpha value is -0.420. The molecule has 72 valence electrons. The molecule has 1 aliphatic rings. The quantitative estimate of drug-likeness (QED) is 0.809. The maximum absolute atomic E-state index is 10.3. The van der Waals surface area contributed by atoms with Crippen molar-refractivity contribution in [2.24, 2.45) is 13.0 Å². The number of hydrogen-bond acceptors (Lipinski definition) is 3. The molecule has 0 bridgehead atoms. The molecule has 0 aromatic carbocycles. The zero-order valence-electron chi connectivity index (χ0n) is 7.66. The van der Waals surface area contributed by atoms with Crippen LogP contribution in [0, 0.1) is 5.92 Å². The van der Waals surface area contributed by atoms with Gasteiger partial charge in [-0.15, -0.1) is 5.10 Å². The Bertz CT molecular complexity index is 319. The van der Waals surface area contributed by atoms with Gasteiger partial charge in [-0.25, -0.2) is 4.68 Å². The van der Waals surface area contributed by atoms with Gasteiger partial charge >= 0.3 is 0 Å². The number of rotatable bonds is 1. The van der Waals surface area contributed by atoms with Gasteiger partial charge in [0, 0.05) is 7.05 Å². The third-order valence-corrected chi connectivity index (χ3v) is 3.50. The SMILES string of the molecule is CC1CCC1(O)c1c(Br)nnn1C. The molecule has 0 saturated heterocycles. The van der Waals surface area contributed by atoms with Crippen molar-refractivity contribution >= 4 is 15.9 Å². The van der Waals surface area contributed by atoms with Crippen molar-refractivity contribution < 1.29 is 5.11 Å². The second-order valence-corrected chi connectivity index (χ2v) is 4.47. The Morgan fingerprint density at radius 2 is 2.38 bits per heavy atom. The highest BCUT2D eigenvalue weighted by Gasteiger charge is 2.47. The molecule has 2 rings (SSSR count). The molecule has 2 atom stereocenters. The first-order valence-corrected chi connectivity index (χ1v) is 5.13. The van der Waals surface area contributed by atoms with Crippen LogP contribution in [0.25, 0.3) is 0 Å². The van der Waals surface area contributed by atoms with Crippen LogP contribution >= 0.6 is 15.9 Å². The molecule has 0 radical (unpaired) electrons. The average Bonchev–Trinajstić information content (AvgIpc) is 2.43. The maximum Gasteiger partial charge on any atom is 0.154 e. The molecule has 0 aliphatic heterocycles. The van der Waals surface area contributed by atoms with E-state index in [9.17, 15) is 5.11 Å². The summed E-state index contributed by atoms with van der Waals surface area (Å²) in [4.78, 5) is 0. The lowest BCUT2D eigenvalue weighted by atomic mass is 9.69. The molecule has 1 aromatic heterocycles. The fraction of sp³-hybridized carbons (Fsp3) is 0.750. The Balaban J connectivity index is 2.45. The van der Waals surface area contributed by atoms with Crippen molar-refractivity contribution in [3.8, 4) is 0 Å². The number of aliphatic hydroxyl groups is 1. The van der Waals surface area contributed by atoms with Gasteiger partial charge in [-0.3, -0.25) is 0 Å². The number of halogens is 1. The Morgan fingerprint density at radius 1 is 1.69 bits per heavy atom. The highest BCUT2D eigenvalue weighted by atomic mass is 79.9. The Morgan fingerprint density at radius 3 is 2.69 bits per heavy atom. The second kappa shape index (κ2) is 2.78. The molecule has 0 spiro atoms. The van der Waals surface area contributed by atoms with Gasteiger partial charge in [0.05, 0.1) is 0 Å². The van der Waals surface area contributed by atoms with Gasteiger partial charge in [0.15, 0.2) is 4.60 Å². The molecule has 1 saturated carbocycles. The van der Waals surface area contributed by atoms with E-state index in [0.717, 1.165) is 18.5 Å². The van der Waals surface area contributed by atoms with Crippen molar-refractivity contribution in [2.75, 3.05) is 0 Å². The summed E-state index contributed by atoms with van der Waals surface area (Å²) in [6.07, 6.45) is 1.86. The van der Waals surface area contributed by atoms with Crippen molar-refractivity contribution in [2.45, 2.75) is 25.4 Å². The molecule has 1 heterocycles. The number of aromatic nitrogens is 3. The second-order valence-electron chi connectivity index (χ2n) is 3.72. The number of nitrogens with zero attached hydrogens (tertiary/aromatic N) is 3. The molecule has 5 heteroatoms. The molecule has 0 amide bonds. The van der Waals surface area contributed by atoms with Crippen LogP contribution in [0.3, 0.4) is 0 Å². The van der Waals surface area contributed by atoms with Gasteiger partial charge in [0.1, 0.15) is 11.3 Å². The molecule has 13 heavy (non-hydrogen) atoms. The standard InChI is InChI=1S/C8H12BrN3O/c1-5-3-4-8(5,13)6-7(9)10-11-12(6)2/h5,13H,3-4H2,1-2H3. The van der Waals surface area contributed by atoms with E-state index in [-0.39, 0.29) is 0 Å². The van der Waals surface area contributed by atoms with Crippen molar-refractivity contribution in [3.63, 3.8) is 0 Å². The summed E-state index contributed by atoms with van der Waals surface area (Å²) in [5.41, 5.74) is 0.0723. The molecule has 1 N–H and O–H groups in total. The first-order chi connectivity index (χ1) is 6.05. The summed E-state index contributed by atoms with van der Waals surface area (Å²) in [5, 5.41) is 18.0. The van der Waals surface area contributed by atoms with E-state index in [2.05, 4.69) is 26.2 Å². The summed E-state index contributed by atoms with van der Waals surface area (Å²) < 4.78 is 2.30. The normalized spacial score (nSPS) is 33.1. The lowest BCUT2D eigenvalue weighted by Gasteiger charge is -2.43. The van der Waals surface area contributed by atoms with E-state index in [0.29, 0.717) is 10.5 Å². The molecular formula is C8H12BrN3O. The van der Waals surface area contributed by atoms with Crippen molar-refractivity contribution in [3.05, 3.63) is 10.3 Å². The first-order valence-electron chi connectivity index (χ1n) is 4.33. The van der Waals surface area contributed by atoms with Gasteiger partial charge in [-0.05, 0) is 34.7 Å². The Kier molecular flexibility index (Phi) is 1.96. The highest BCUT2D eigenvalue weighted by molar-refractivity contribution is 9.10. The summed E-state index contributed by atoms with van der Waals surface area (Å²) >= 11 is 3.30. The topological polar surface area (TPSA) is 50.9 Å². The van der Waals surface area contributed by atoms with Crippen molar-refractivity contribution in [1.29, 1.82) is 0 Å². The van der Waals surface area contributed by atoms with Gasteiger partial charge in [-0.2, -0.15) is 0 Å². The van der Waals surface area contributed by atoms with E-state index in [1.807, 2.05) is 6.92 Å². The van der Waals surface area contributed by atoms with Crippen LogP contribution in [0.5, 0.6) is 0 Å². The average molecular weight is 246 g/mol. The van der Waals surface area contributed by atoms with Gasteiger partial charge in [0.2, 0.25) is 0 Å². The van der Waals surface area contributed by atoms with Crippen LogP contribution in [0.1, 0.15) is 25.5 Å². The summed E-state index contributed by atoms with van der Waals surface area (Å²) in [5.74, 6) is 0.293. The molecule has 1 aromatic rings. The lowest BCUT2D eigenvalue weighted by molar-refractivity contribution is -0.0995. The van der Waals surface area contributed by atoms with Gasteiger partial charge in [0.25, 0.3) is 0 Å². The predicted octanol–water partition coefficient (Wildman–Crippen LogP) is 1.20. The fourth-order valence-electron chi connectivity index (χ4n) is 1.85. The smallest absolute Gasteiger partial charge is 0.154 e. The molecular weight excluding hydrogens is 234 g/mol. The van der Waals surface area contributed by atoms with Crippen LogP contribution in [0.15, 0.2) is 4.60 Å². The van der Waals surface area contributed by atoms with Crippen LogP contribution in [0.2, 0.25) is 0 Å². The first kappa shape index (κ1) is 9.15. The molecule has 2 unspecified atom stereocenters. The van der Waals surface area contributed by atoms with Crippen LogP contribution in [-0.2, 0) is 12.6 Å². The largest absolute Gasteiger partial charge is 0.383 e. The third-order valence-electron chi connectivity index (χ3n) is 2.97. The molecule has 1 fully saturated rings. The predicted molar refractivity (Wildman–Crippen MR) is 51.0 cm³/mol. The number of aryl methyl sites for hydroxylation is 1. The van der Waals surface area contributed by atoms with E-state index in [4.69, 9.17) is 0 Å². The zero-order valence-corrected chi connectivity index (χ0v) is 9.24. The van der Waals surface area contributed by atoms with E-state index >= 15 is 0 Å². The minimum absolute atomic E-state index is 0.293. The molecule has 1 aliphatic carbocycles. The van der Waals surface area contributed by atoms with Gasteiger partial charge < -0.3 is 5.11 Å². The Labute approximate surface area is 85.1 Å². The summed E-state index contributed by atoms with van der Waals surface area (Å²) in [6.45, 7) is 2.04. The van der Waals surface area contributed by atoms with E-state index in [1.165, 1.54) is 0 Å². The summed E-state index contributed by atoms with van der Waals surface area (Å²) in [6, 6.07) is 0. The highest BCUT2D eigenvalue weighted by Crippen LogP contribution is 2.47. The fourth-order valence-corrected chi connectivity index (χ4v) is 2.52. The van der Waals surface area contributed by atoms with E-state index < -0.39 is 5.60 Å². The number of hydrogen-bond donors (Lipinski definition) is 1. The monoisotopic (exact) mass is 245 g/mol. The van der Waals surface area contributed by atoms with Crippen LogP contribution in [-0.4, -0.2) is 20.1 Å². The van der Waals surface area contributed by atoms with Crippen LogP contribution < -0.4 is 0 Å². The minimum Gasteiger partial charge on any atom is -0.383 e. The van der Waals surface area contributed by atoms with Gasteiger partial charge in [-0.1, -0.05) is 12.1 Å².